The molecule has 0 radical (unpaired) electrons. The lowest BCUT2D eigenvalue weighted by Gasteiger charge is -2.10. The second kappa shape index (κ2) is 7.16. The Morgan fingerprint density at radius 1 is 1.29 bits per heavy atom. The molecule has 2 rings (SSSR count). The summed E-state index contributed by atoms with van der Waals surface area (Å²) in [5.74, 6) is 1.36. The zero-order chi connectivity index (χ0) is 15.4. The van der Waals surface area contributed by atoms with Gasteiger partial charge in [-0.15, -0.1) is 0 Å². The predicted octanol–water partition coefficient (Wildman–Crippen LogP) is 4.33. The first-order chi connectivity index (χ1) is 10.0. The summed E-state index contributed by atoms with van der Waals surface area (Å²) in [4.78, 5) is 0. The van der Waals surface area contributed by atoms with Crippen molar-refractivity contribution < 1.29 is 4.74 Å². The first-order valence-electron chi connectivity index (χ1n) is 6.89. The summed E-state index contributed by atoms with van der Waals surface area (Å²) in [6.45, 7) is 5.80. The van der Waals surface area contributed by atoms with Gasteiger partial charge in [0.05, 0.1) is 21.3 Å². The van der Waals surface area contributed by atoms with Gasteiger partial charge in [0.2, 0.25) is 5.88 Å². The van der Waals surface area contributed by atoms with Crippen LogP contribution in [0.2, 0.25) is 10.0 Å². The number of hydrogen-bond acceptors (Lipinski definition) is 3. The highest BCUT2D eigenvalue weighted by molar-refractivity contribution is 6.42. The van der Waals surface area contributed by atoms with Crippen molar-refractivity contribution in [1.82, 2.24) is 15.1 Å². The number of halogens is 2. The second-order valence-corrected chi connectivity index (χ2v) is 5.66. The van der Waals surface area contributed by atoms with Crippen molar-refractivity contribution in [2.45, 2.75) is 26.8 Å². The highest BCUT2D eigenvalue weighted by Crippen LogP contribution is 2.31. The second-order valence-electron chi connectivity index (χ2n) is 4.85. The van der Waals surface area contributed by atoms with E-state index in [1.807, 2.05) is 14.0 Å². The summed E-state index contributed by atoms with van der Waals surface area (Å²) in [5.41, 5.74) is 2.01. The number of hydrogen-bond donors (Lipinski definition) is 1. The third-order valence-electron chi connectivity index (χ3n) is 3.12. The van der Waals surface area contributed by atoms with Crippen LogP contribution >= 0.6 is 23.2 Å². The first kappa shape index (κ1) is 16.1. The standard InChI is InChI=1S/C15H19Cl2N3O/c1-4-7-18-9-12-10(2)19-20(3)15(12)21-11-5-6-13(16)14(17)8-11/h5-6,8,18H,4,7,9H2,1-3H3. The lowest BCUT2D eigenvalue weighted by Crippen LogP contribution is -2.14. The number of nitrogens with zero attached hydrogens (tertiary/aromatic N) is 2. The van der Waals surface area contributed by atoms with Gasteiger partial charge in [-0.05, 0) is 32.0 Å². The van der Waals surface area contributed by atoms with Gasteiger partial charge in [0.25, 0.3) is 0 Å². The molecule has 0 saturated carbocycles. The van der Waals surface area contributed by atoms with E-state index in [0.29, 0.717) is 15.8 Å². The van der Waals surface area contributed by atoms with Gasteiger partial charge >= 0.3 is 0 Å². The Labute approximate surface area is 135 Å². The Bertz CT molecular complexity index is 626. The van der Waals surface area contributed by atoms with Gasteiger partial charge in [-0.3, -0.25) is 0 Å². The molecule has 1 heterocycles. The fourth-order valence-corrected chi connectivity index (χ4v) is 2.34. The maximum absolute atomic E-state index is 6.02. The SMILES string of the molecule is CCCNCc1c(C)nn(C)c1Oc1ccc(Cl)c(Cl)c1. The Hall–Kier alpha value is -1.23. The average Bonchev–Trinajstić information content (AvgIpc) is 2.70. The van der Waals surface area contributed by atoms with Crippen molar-refractivity contribution >= 4 is 23.2 Å². The minimum Gasteiger partial charge on any atom is -0.439 e. The topological polar surface area (TPSA) is 39.1 Å². The van der Waals surface area contributed by atoms with Gasteiger partial charge in [-0.1, -0.05) is 30.1 Å². The summed E-state index contributed by atoms with van der Waals surface area (Å²) in [6, 6.07) is 5.22. The molecule has 1 N–H and O–H groups in total. The molecule has 0 aliphatic rings. The van der Waals surface area contributed by atoms with Crippen molar-refractivity contribution in [3.63, 3.8) is 0 Å². The molecule has 6 heteroatoms. The molecule has 1 aromatic carbocycles. The zero-order valence-electron chi connectivity index (χ0n) is 12.4. The van der Waals surface area contributed by atoms with Crippen molar-refractivity contribution in [1.29, 1.82) is 0 Å². The van der Waals surface area contributed by atoms with Crippen LogP contribution in [0.1, 0.15) is 24.6 Å². The summed E-state index contributed by atoms with van der Waals surface area (Å²) in [6.07, 6.45) is 1.09. The van der Waals surface area contributed by atoms with Gasteiger partial charge in [0.1, 0.15) is 5.75 Å². The van der Waals surface area contributed by atoms with Crippen LogP contribution in [0.4, 0.5) is 0 Å². The molecule has 0 bridgehead atoms. The summed E-state index contributed by atoms with van der Waals surface area (Å²) < 4.78 is 7.68. The van der Waals surface area contributed by atoms with Crippen molar-refractivity contribution in [3.05, 3.63) is 39.5 Å². The average molecular weight is 328 g/mol. The van der Waals surface area contributed by atoms with Crippen LogP contribution in [-0.4, -0.2) is 16.3 Å². The van der Waals surface area contributed by atoms with Crippen molar-refractivity contribution in [2.24, 2.45) is 7.05 Å². The van der Waals surface area contributed by atoms with Gasteiger partial charge in [0, 0.05) is 19.7 Å². The van der Waals surface area contributed by atoms with Gasteiger partial charge < -0.3 is 10.1 Å². The number of nitrogens with one attached hydrogen (secondary N) is 1. The van der Waals surface area contributed by atoms with Crippen molar-refractivity contribution in [2.75, 3.05) is 6.54 Å². The molecule has 2 aromatic rings. The molecule has 0 amide bonds. The Balaban J connectivity index is 2.23. The van der Waals surface area contributed by atoms with E-state index in [2.05, 4.69) is 17.3 Å². The molecule has 0 unspecified atom stereocenters. The highest BCUT2D eigenvalue weighted by atomic mass is 35.5. The number of benzene rings is 1. The number of aromatic nitrogens is 2. The third kappa shape index (κ3) is 3.90. The Morgan fingerprint density at radius 3 is 2.71 bits per heavy atom. The van der Waals surface area contributed by atoms with E-state index in [1.54, 1.807) is 22.9 Å². The van der Waals surface area contributed by atoms with E-state index in [0.717, 1.165) is 36.6 Å². The van der Waals surface area contributed by atoms with Crippen LogP contribution in [0.5, 0.6) is 11.6 Å². The van der Waals surface area contributed by atoms with E-state index in [9.17, 15) is 0 Å². The molecule has 114 valence electrons. The largest absolute Gasteiger partial charge is 0.439 e. The molecule has 0 atom stereocenters. The third-order valence-corrected chi connectivity index (χ3v) is 3.86. The molecule has 21 heavy (non-hydrogen) atoms. The fraction of sp³-hybridized carbons (Fsp3) is 0.400. The highest BCUT2D eigenvalue weighted by Gasteiger charge is 2.15. The maximum Gasteiger partial charge on any atom is 0.222 e. The smallest absolute Gasteiger partial charge is 0.222 e. The van der Waals surface area contributed by atoms with Crippen LogP contribution < -0.4 is 10.1 Å². The van der Waals surface area contributed by atoms with E-state index < -0.39 is 0 Å². The Kier molecular flexibility index (Phi) is 5.51. The minimum atomic E-state index is 0.471. The minimum absolute atomic E-state index is 0.471. The molecule has 0 aliphatic carbocycles. The molecule has 0 saturated heterocycles. The van der Waals surface area contributed by atoms with Crippen LogP contribution in [0, 0.1) is 6.92 Å². The Morgan fingerprint density at radius 2 is 2.05 bits per heavy atom. The molecule has 4 nitrogen and oxygen atoms in total. The summed E-state index contributed by atoms with van der Waals surface area (Å²) in [7, 11) is 1.86. The lowest BCUT2D eigenvalue weighted by molar-refractivity contribution is 0.424. The van der Waals surface area contributed by atoms with Crippen LogP contribution in [-0.2, 0) is 13.6 Å². The monoisotopic (exact) mass is 327 g/mol. The molecular formula is C15H19Cl2N3O. The molecule has 0 fully saturated rings. The molecule has 0 spiro atoms. The van der Waals surface area contributed by atoms with Crippen LogP contribution in [0.25, 0.3) is 0 Å². The van der Waals surface area contributed by atoms with Crippen LogP contribution in [0.15, 0.2) is 18.2 Å². The first-order valence-corrected chi connectivity index (χ1v) is 7.64. The quantitative estimate of drug-likeness (QED) is 0.803. The summed E-state index contributed by atoms with van der Waals surface area (Å²) >= 11 is 11.9. The lowest BCUT2D eigenvalue weighted by atomic mass is 10.2. The van der Waals surface area contributed by atoms with E-state index in [4.69, 9.17) is 27.9 Å². The number of aryl methyl sites for hydroxylation is 2. The molecule has 1 aromatic heterocycles. The normalized spacial score (nSPS) is 10.9. The number of rotatable bonds is 6. The van der Waals surface area contributed by atoms with Crippen LogP contribution in [0.3, 0.4) is 0 Å². The van der Waals surface area contributed by atoms with E-state index in [-0.39, 0.29) is 0 Å². The zero-order valence-corrected chi connectivity index (χ0v) is 13.9. The van der Waals surface area contributed by atoms with E-state index >= 15 is 0 Å². The van der Waals surface area contributed by atoms with Gasteiger partial charge in [-0.25, -0.2) is 4.68 Å². The molecular weight excluding hydrogens is 309 g/mol. The van der Waals surface area contributed by atoms with Gasteiger partial charge in [-0.2, -0.15) is 5.10 Å². The van der Waals surface area contributed by atoms with E-state index in [1.165, 1.54) is 0 Å². The number of ether oxygens (including phenoxy) is 1. The van der Waals surface area contributed by atoms with Crippen molar-refractivity contribution in [3.8, 4) is 11.6 Å². The predicted molar refractivity (Wildman–Crippen MR) is 86.5 cm³/mol. The molecule has 0 aliphatic heterocycles. The summed E-state index contributed by atoms with van der Waals surface area (Å²) in [5, 5.41) is 8.77. The van der Waals surface area contributed by atoms with Gasteiger partial charge in [0.15, 0.2) is 0 Å². The maximum atomic E-state index is 6.02. The fourth-order valence-electron chi connectivity index (χ4n) is 2.05.